The van der Waals surface area contributed by atoms with Crippen LogP contribution in [0.1, 0.15) is 25.8 Å². The van der Waals surface area contributed by atoms with E-state index >= 15 is 0 Å². The minimum Gasteiger partial charge on any atom is -0.481 e. The molecule has 2 saturated heterocycles. The first kappa shape index (κ1) is 16.6. The minimum atomic E-state index is -0.727. The molecule has 1 saturated carbocycles. The van der Waals surface area contributed by atoms with E-state index in [1.807, 2.05) is 23.1 Å². The molecule has 134 valence electrons. The van der Waals surface area contributed by atoms with E-state index in [1.54, 1.807) is 0 Å². The molecule has 2 atom stereocenters. The van der Waals surface area contributed by atoms with Gasteiger partial charge in [-0.1, -0.05) is 44.2 Å². The monoisotopic (exact) mass is 342 g/mol. The number of carbonyl (C=O) groups excluding carboxylic acids is 1. The Morgan fingerprint density at radius 2 is 1.76 bits per heavy atom. The number of carboxylic acid groups (broad SMARTS) is 1. The number of carboxylic acids is 1. The van der Waals surface area contributed by atoms with Crippen LogP contribution in [0.4, 0.5) is 0 Å². The number of hydrogen-bond donors (Lipinski definition) is 1. The molecule has 1 aromatic carbocycles. The molecule has 4 rings (SSSR count). The van der Waals surface area contributed by atoms with Gasteiger partial charge in [0.15, 0.2) is 0 Å². The van der Waals surface area contributed by atoms with Crippen LogP contribution in [-0.2, 0) is 16.1 Å². The van der Waals surface area contributed by atoms with Crippen LogP contribution < -0.4 is 0 Å². The van der Waals surface area contributed by atoms with Crippen LogP contribution in [0.15, 0.2) is 30.3 Å². The van der Waals surface area contributed by atoms with Crippen LogP contribution in [0.2, 0.25) is 0 Å². The Hall–Kier alpha value is -1.88. The van der Waals surface area contributed by atoms with Gasteiger partial charge in [0, 0.05) is 44.1 Å². The van der Waals surface area contributed by atoms with Gasteiger partial charge in [0.05, 0.1) is 5.92 Å². The van der Waals surface area contributed by atoms with Gasteiger partial charge >= 0.3 is 5.97 Å². The van der Waals surface area contributed by atoms with E-state index in [9.17, 15) is 14.7 Å². The van der Waals surface area contributed by atoms with Crippen molar-refractivity contribution in [3.05, 3.63) is 35.9 Å². The summed E-state index contributed by atoms with van der Waals surface area (Å²) in [5.74, 6) is -0.752. The molecule has 1 aromatic rings. The number of benzene rings is 1. The second kappa shape index (κ2) is 5.56. The zero-order chi connectivity index (χ0) is 17.8. The van der Waals surface area contributed by atoms with Crippen LogP contribution in [0, 0.1) is 22.7 Å². The molecule has 1 aliphatic carbocycles. The Morgan fingerprint density at radius 3 is 2.32 bits per heavy atom. The summed E-state index contributed by atoms with van der Waals surface area (Å²) in [5.41, 5.74) is 1.06. The number of hydrogen-bond acceptors (Lipinski definition) is 3. The van der Waals surface area contributed by atoms with Crippen molar-refractivity contribution >= 4 is 11.9 Å². The van der Waals surface area contributed by atoms with Gasteiger partial charge in [-0.25, -0.2) is 0 Å². The molecule has 5 heteroatoms. The van der Waals surface area contributed by atoms with Crippen LogP contribution in [0.5, 0.6) is 0 Å². The highest BCUT2D eigenvalue weighted by molar-refractivity contribution is 5.84. The molecule has 1 N–H and O–H groups in total. The average Bonchev–Trinajstić information content (AvgIpc) is 3.00. The molecule has 1 spiro atoms. The maximum absolute atomic E-state index is 12.6. The molecule has 1 unspecified atom stereocenters. The minimum absolute atomic E-state index is 0.126. The van der Waals surface area contributed by atoms with Gasteiger partial charge in [-0.3, -0.25) is 14.5 Å². The molecule has 0 radical (unpaired) electrons. The van der Waals surface area contributed by atoms with Crippen LogP contribution >= 0.6 is 0 Å². The summed E-state index contributed by atoms with van der Waals surface area (Å²) in [6, 6.07) is 10.2. The fourth-order valence-electron chi connectivity index (χ4n) is 4.67. The van der Waals surface area contributed by atoms with E-state index in [0.29, 0.717) is 19.6 Å². The van der Waals surface area contributed by atoms with Crippen molar-refractivity contribution in [2.45, 2.75) is 26.8 Å². The molecule has 5 nitrogen and oxygen atoms in total. The van der Waals surface area contributed by atoms with Crippen molar-refractivity contribution in [1.29, 1.82) is 0 Å². The second-order valence-electron chi connectivity index (χ2n) is 8.85. The fourth-order valence-corrected chi connectivity index (χ4v) is 4.67. The van der Waals surface area contributed by atoms with Crippen molar-refractivity contribution in [2.75, 3.05) is 26.2 Å². The number of likely N-dealkylation sites (tertiary alicyclic amines) is 2. The quantitative estimate of drug-likeness (QED) is 0.910. The number of nitrogens with zero attached hydrogens (tertiary/aromatic N) is 2. The van der Waals surface area contributed by atoms with Crippen molar-refractivity contribution in [2.24, 2.45) is 22.7 Å². The molecule has 2 heterocycles. The van der Waals surface area contributed by atoms with E-state index in [0.717, 1.165) is 19.5 Å². The average molecular weight is 342 g/mol. The van der Waals surface area contributed by atoms with Gasteiger partial charge in [-0.05, 0) is 17.4 Å². The van der Waals surface area contributed by atoms with E-state index in [4.69, 9.17) is 0 Å². The summed E-state index contributed by atoms with van der Waals surface area (Å²) in [4.78, 5) is 28.5. The molecule has 1 amide bonds. The first-order valence-corrected chi connectivity index (χ1v) is 9.09. The lowest BCUT2D eigenvalue weighted by molar-refractivity contribution is -0.158. The summed E-state index contributed by atoms with van der Waals surface area (Å²) in [6.45, 7) is 7.56. The van der Waals surface area contributed by atoms with E-state index in [2.05, 4.69) is 30.9 Å². The maximum atomic E-state index is 12.6. The van der Waals surface area contributed by atoms with Crippen LogP contribution in [0.25, 0.3) is 0 Å². The highest BCUT2D eigenvalue weighted by atomic mass is 16.4. The Morgan fingerprint density at radius 1 is 1.12 bits per heavy atom. The van der Waals surface area contributed by atoms with Gasteiger partial charge in [0.2, 0.25) is 5.91 Å². The number of aliphatic carboxylic acids is 1. The fraction of sp³-hybridized carbons (Fsp3) is 0.600. The lowest BCUT2D eigenvalue weighted by Crippen LogP contribution is -2.63. The van der Waals surface area contributed by atoms with Crippen LogP contribution in [0.3, 0.4) is 0 Å². The molecule has 25 heavy (non-hydrogen) atoms. The van der Waals surface area contributed by atoms with E-state index < -0.39 is 5.97 Å². The number of rotatable bonds is 4. The van der Waals surface area contributed by atoms with E-state index in [1.165, 1.54) is 5.56 Å². The summed E-state index contributed by atoms with van der Waals surface area (Å²) in [5, 5.41) is 9.70. The third-order valence-corrected chi connectivity index (χ3v) is 6.40. The van der Waals surface area contributed by atoms with E-state index in [-0.39, 0.29) is 28.6 Å². The normalized spacial score (nSPS) is 29.4. The third-order valence-electron chi connectivity index (χ3n) is 6.40. The Labute approximate surface area is 148 Å². The van der Waals surface area contributed by atoms with Gasteiger partial charge in [-0.2, -0.15) is 0 Å². The number of amides is 1. The molecule has 0 aromatic heterocycles. The van der Waals surface area contributed by atoms with Crippen molar-refractivity contribution in [1.82, 2.24) is 9.80 Å². The summed E-state index contributed by atoms with van der Waals surface area (Å²) < 4.78 is 0. The Kier molecular flexibility index (Phi) is 3.69. The SMILES string of the molecule is CC1(C)C[C@@H]1C(=O)N1CC2(CN(Cc3ccccc3)CC2C(=O)O)C1. The molecular weight excluding hydrogens is 316 g/mol. The largest absolute Gasteiger partial charge is 0.481 e. The van der Waals surface area contributed by atoms with Gasteiger partial charge in [0.1, 0.15) is 0 Å². The zero-order valence-corrected chi connectivity index (χ0v) is 14.9. The molecule has 0 bridgehead atoms. The predicted octanol–water partition coefficient (Wildman–Crippen LogP) is 2.08. The predicted molar refractivity (Wildman–Crippen MR) is 93.7 cm³/mol. The first-order valence-electron chi connectivity index (χ1n) is 9.09. The molecule has 3 aliphatic rings. The van der Waals surface area contributed by atoms with Gasteiger partial charge in [0.25, 0.3) is 0 Å². The smallest absolute Gasteiger partial charge is 0.308 e. The highest BCUT2D eigenvalue weighted by Gasteiger charge is 2.61. The second-order valence-corrected chi connectivity index (χ2v) is 8.85. The Bertz CT molecular complexity index is 694. The third kappa shape index (κ3) is 2.84. The van der Waals surface area contributed by atoms with Crippen molar-refractivity contribution < 1.29 is 14.7 Å². The maximum Gasteiger partial charge on any atom is 0.308 e. The summed E-state index contributed by atoms with van der Waals surface area (Å²) in [6.07, 6.45) is 0.956. The van der Waals surface area contributed by atoms with Gasteiger partial charge < -0.3 is 10.0 Å². The Balaban J connectivity index is 1.42. The molecular formula is C20H26N2O3. The standard InChI is InChI=1S/C20H26N2O3/c1-19(2)8-15(19)17(23)22-12-20(13-22)11-21(10-16(20)18(24)25)9-14-6-4-3-5-7-14/h3-7,15-16H,8-13H2,1-2H3,(H,24,25)/t15-,16?/m1/s1. The topological polar surface area (TPSA) is 60.9 Å². The van der Waals surface area contributed by atoms with Gasteiger partial charge in [-0.15, -0.1) is 0 Å². The van der Waals surface area contributed by atoms with Crippen LogP contribution in [-0.4, -0.2) is 53.0 Å². The summed E-state index contributed by atoms with van der Waals surface area (Å²) in [7, 11) is 0. The first-order chi connectivity index (χ1) is 11.8. The lowest BCUT2D eigenvalue weighted by Gasteiger charge is -2.50. The number of carbonyl (C=O) groups is 2. The van der Waals surface area contributed by atoms with Crippen molar-refractivity contribution in [3.63, 3.8) is 0 Å². The highest BCUT2D eigenvalue weighted by Crippen LogP contribution is 2.54. The lowest BCUT2D eigenvalue weighted by atomic mass is 9.71. The molecule has 2 aliphatic heterocycles. The molecule has 3 fully saturated rings. The zero-order valence-electron chi connectivity index (χ0n) is 14.9. The van der Waals surface area contributed by atoms with Crippen molar-refractivity contribution in [3.8, 4) is 0 Å². The summed E-state index contributed by atoms with van der Waals surface area (Å²) >= 11 is 0.